The Morgan fingerprint density at radius 1 is 1.07 bits per heavy atom. The molecule has 29 heavy (non-hydrogen) atoms. The van der Waals surface area contributed by atoms with Gasteiger partial charge in [-0.25, -0.2) is 0 Å². The van der Waals surface area contributed by atoms with Crippen molar-refractivity contribution in [3.63, 3.8) is 0 Å². The Labute approximate surface area is 177 Å². The minimum absolute atomic E-state index is 0.0434. The molecule has 5 nitrogen and oxygen atoms in total. The van der Waals surface area contributed by atoms with Gasteiger partial charge >= 0.3 is 0 Å². The minimum atomic E-state index is -0.0720. The van der Waals surface area contributed by atoms with Crippen LogP contribution in [-0.4, -0.2) is 55.6 Å². The molecule has 3 aliphatic rings. The van der Waals surface area contributed by atoms with Crippen LogP contribution in [0.15, 0.2) is 30.6 Å². The van der Waals surface area contributed by atoms with Gasteiger partial charge in [-0.2, -0.15) is 0 Å². The lowest BCUT2D eigenvalue weighted by atomic mass is 9.82. The summed E-state index contributed by atoms with van der Waals surface area (Å²) < 4.78 is 17.5. The van der Waals surface area contributed by atoms with Gasteiger partial charge in [0.1, 0.15) is 0 Å². The fourth-order valence-corrected chi connectivity index (χ4v) is 6.08. The summed E-state index contributed by atoms with van der Waals surface area (Å²) in [5.74, 6) is 0. The molecule has 0 radical (unpaired) electrons. The molecule has 0 unspecified atom stereocenters. The van der Waals surface area contributed by atoms with Crippen molar-refractivity contribution in [3.8, 4) is 10.4 Å². The third-order valence-corrected chi connectivity index (χ3v) is 7.73. The zero-order chi connectivity index (χ0) is 19.5. The van der Waals surface area contributed by atoms with E-state index in [2.05, 4.69) is 28.1 Å². The Balaban J connectivity index is 1.18. The van der Waals surface area contributed by atoms with Crippen molar-refractivity contribution in [2.24, 2.45) is 0 Å². The fraction of sp³-hybridized carbons (Fsp3) is 0.609. The molecule has 0 aromatic carbocycles. The topological polar surface area (TPSA) is 43.8 Å². The number of nitrogens with zero attached hydrogens (tertiary/aromatic N) is 2. The lowest BCUT2D eigenvalue weighted by Gasteiger charge is -2.44. The Kier molecular flexibility index (Phi) is 5.97. The molecule has 0 bridgehead atoms. The van der Waals surface area contributed by atoms with E-state index in [1.165, 1.54) is 40.3 Å². The number of unbranched alkanes of at least 4 members (excludes halogenated alkanes) is 1. The van der Waals surface area contributed by atoms with E-state index in [4.69, 9.17) is 14.2 Å². The van der Waals surface area contributed by atoms with Crippen LogP contribution in [0.4, 0.5) is 0 Å². The van der Waals surface area contributed by atoms with Gasteiger partial charge in [0.2, 0.25) is 0 Å². The first kappa shape index (κ1) is 19.6. The zero-order valence-corrected chi connectivity index (χ0v) is 17.8. The van der Waals surface area contributed by atoms with Gasteiger partial charge in [-0.1, -0.05) is 0 Å². The van der Waals surface area contributed by atoms with E-state index in [1.54, 1.807) is 0 Å². The Morgan fingerprint density at radius 2 is 1.86 bits per heavy atom. The van der Waals surface area contributed by atoms with E-state index in [0.29, 0.717) is 0 Å². The second-order valence-electron chi connectivity index (χ2n) is 8.28. The molecule has 0 saturated carbocycles. The summed E-state index contributed by atoms with van der Waals surface area (Å²) in [6.45, 7) is 5.78. The maximum absolute atomic E-state index is 6.46. The summed E-state index contributed by atoms with van der Waals surface area (Å²) in [4.78, 5) is 9.63. The highest BCUT2D eigenvalue weighted by Gasteiger charge is 2.41. The molecule has 3 aliphatic heterocycles. The average molecular weight is 415 g/mol. The zero-order valence-electron chi connectivity index (χ0n) is 17.0. The van der Waals surface area contributed by atoms with Crippen molar-refractivity contribution in [2.45, 2.75) is 50.4 Å². The third kappa shape index (κ3) is 4.28. The lowest BCUT2D eigenvalue weighted by molar-refractivity contribution is -0.0973. The van der Waals surface area contributed by atoms with E-state index >= 15 is 0 Å². The number of likely N-dealkylation sites (tertiary alicyclic amines) is 1. The number of fused-ring (bicyclic) bond motifs is 2. The maximum atomic E-state index is 6.46. The smallest absolute Gasteiger partial charge is 0.157 e. The highest BCUT2D eigenvalue weighted by molar-refractivity contribution is 7.15. The van der Waals surface area contributed by atoms with Gasteiger partial charge in [-0.3, -0.25) is 4.98 Å². The van der Waals surface area contributed by atoms with Gasteiger partial charge in [-0.05, 0) is 68.0 Å². The van der Waals surface area contributed by atoms with Crippen LogP contribution in [0.2, 0.25) is 0 Å². The van der Waals surface area contributed by atoms with Crippen molar-refractivity contribution in [1.82, 2.24) is 9.88 Å². The second kappa shape index (κ2) is 8.82. The maximum Gasteiger partial charge on any atom is 0.157 e. The van der Waals surface area contributed by atoms with E-state index < -0.39 is 0 Å². The molecule has 6 heteroatoms. The van der Waals surface area contributed by atoms with Crippen molar-refractivity contribution < 1.29 is 14.2 Å². The van der Waals surface area contributed by atoms with Gasteiger partial charge in [0.25, 0.3) is 0 Å². The number of pyridine rings is 1. The third-order valence-electron chi connectivity index (χ3n) is 6.49. The lowest BCUT2D eigenvalue weighted by Crippen LogP contribution is -2.46. The summed E-state index contributed by atoms with van der Waals surface area (Å²) in [6, 6.07) is 6.61. The van der Waals surface area contributed by atoms with Crippen LogP contribution in [0.1, 0.15) is 42.5 Å². The van der Waals surface area contributed by atoms with Crippen LogP contribution in [0.5, 0.6) is 0 Å². The normalized spacial score (nSPS) is 22.2. The van der Waals surface area contributed by atoms with Crippen LogP contribution in [0.3, 0.4) is 0 Å². The van der Waals surface area contributed by atoms with E-state index in [0.717, 1.165) is 58.6 Å². The summed E-state index contributed by atoms with van der Waals surface area (Å²) in [6.07, 6.45) is 10.5. The number of ether oxygens (including phenoxy) is 3. The predicted molar refractivity (Wildman–Crippen MR) is 114 cm³/mol. The average Bonchev–Trinajstić information content (AvgIpc) is 3.44. The number of rotatable bonds is 6. The SMILES string of the molecule is c1cc(-c2cc3c(s2)CCOC32CCN(CCCCC3OCCO3)CC2)ccn1. The first-order valence-electron chi connectivity index (χ1n) is 11.0. The highest BCUT2D eigenvalue weighted by Crippen LogP contribution is 2.46. The molecule has 1 spiro atoms. The molecule has 156 valence electrons. The van der Waals surface area contributed by atoms with Gasteiger partial charge in [0, 0.05) is 41.7 Å². The van der Waals surface area contributed by atoms with E-state index in [1.807, 2.05) is 23.7 Å². The summed E-state index contributed by atoms with van der Waals surface area (Å²) in [7, 11) is 0. The highest BCUT2D eigenvalue weighted by atomic mass is 32.1. The van der Waals surface area contributed by atoms with Gasteiger partial charge in [-0.15, -0.1) is 11.3 Å². The first-order valence-corrected chi connectivity index (χ1v) is 11.8. The van der Waals surface area contributed by atoms with Crippen LogP contribution in [-0.2, 0) is 26.2 Å². The largest absolute Gasteiger partial charge is 0.370 e. The van der Waals surface area contributed by atoms with Crippen molar-refractivity contribution in [3.05, 3.63) is 41.0 Å². The Morgan fingerprint density at radius 3 is 2.66 bits per heavy atom. The quantitative estimate of drug-likeness (QED) is 0.662. The predicted octanol–water partition coefficient (Wildman–Crippen LogP) is 4.22. The standard InChI is InChI=1S/C23H30N2O3S/c1(3-22-26-15-16-27-22)2-11-25-12-7-23(8-13-25)19-17-21(18-4-9-24-10-5-18)29-20(19)6-14-28-23/h4-5,9-10,17,22H,1-3,6-8,11-16H2. The Bertz CT molecular complexity index is 796. The molecule has 2 aromatic rings. The van der Waals surface area contributed by atoms with E-state index in [9.17, 15) is 0 Å². The molecule has 2 fully saturated rings. The number of piperidine rings is 1. The molecule has 2 aromatic heterocycles. The molecule has 0 atom stereocenters. The summed E-state index contributed by atoms with van der Waals surface area (Å²) in [5.41, 5.74) is 2.65. The van der Waals surface area contributed by atoms with Crippen molar-refractivity contribution in [1.29, 1.82) is 0 Å². The van der Waals surface area contributed by atoms with Crippen LogP contribution < -0.4 is 0 Å². The molecular weight excluding hydrogens is 384 g/mol. The second-order valence-corrected chi connectivity index (χ2v) is 9.42. The van der Waals surface area contributed by atoms with Gasteiger partial charge in [0.05, 0.1) is 25.4 Å². The molecule has 0 aliphatic carbocycles. The summed E-state index contributed by atoms with van der Waals surface area (Å²) >= 11 is 1.94. The molecule has 5 heterocycles. The molecule has 0 amide bonds. The molecular formula is C23H30N2O3S. The van der Waals surface area contributed by atoms with Crippen LogP contribution >= 0.6 is 11.3 Å². The van der Waals surface area contributed by atoms with Crippen molar-refractivity contribution in [2.75, 3.05) is 39.5 Å². The van der Waals surface area contributed by atoms with Crippen molar-refractivity contribution >= 4 is 11.3 Å². The van der Waals surface area contributed by atoms with Crippen LogP contribution in [0, 0.1) is 0 Å². The number of thiophene rings is 1. The number of hydrogen-bond donors (Lipinski definition) is 0. The molecule has 2 saturated heterocycles. The van der Waals surface area contributed by atoms with Gasteiger partial charge < -0.3 is 19.1 Å². The summed E-state index contributed by atoms with van der Waals surface area (Å²) in [5, 5.41) is 0. The minimum Gasteiger partial charge on any atom is -0.370 e. The molecule has 5 rings (SSSR count). The van der Waals surface area contributed by atoms with Crippen LogP contribution in [0.25, 0.3) is 10.4 Å². The first-order chi connectivity index (χ1) is 14.3. The fourth-order valence-electron chi connectivity index (χ4n) is 4.85. The van der Waals surface area contributed by atoms with Gasteiger partial charge in [0.15, 0.2) is 6.29 Å². The monoisotopic (exact) mass is 414 g/mol. The molecule has 0 N–H and O–H groups in total. The number of hydrogen-bond acceptors (Lipinski definition) is 6. The van der Waals surface area contributed by atoms with E-state index in [-0.39, 0.29) is 11.9 Å². The Hall–Kier alpha value is -1.31. The number of aromatic nitrogens is 1.